The van der Waals surface area contributed by atoms with Gasteiger partial charge in [-0.05, 0) is 35.1 Å². The van der Waals surface area contributed by atoms with Crippen LogP contribution in [-0.2, 0) is 11.2 Å². The summed E-state index contributed by atoms with van der Waals surface area (Å²) in [6.45, 7) is 4.87. The summed E-state index contributed by atoms with van der Waals surface area (Å²) in [7, 11) is 1.84. The number of fused-ring (bicyclic) bond motifs is 1. The molecule has 0 aromatic heterocycles. The first kappa shape index (κ1) is 19.5. The SMILES string of the molecule is CC(C)C[C@H](N)C(=O)N(C)CCc1cccc2ccccc12.Cl. The van der Waals surface area contributed by atoms with E-state index in [2.05, 4.69) is 50.2 Å². The first-order valence-corrected chi connectivity index (χ1v) is 7.96. The van der Waals surface area contributed by atoms with Gasteiger partial charge in [0.05, 0.1) is 6.04 Å². The number of nitrogens with two attached hydrogens (primary N) is 1. The van der Waals surface area contributed by atoms with E-state index in [1.54, 1.807) is 4.90 Å². The lowest BCUT2D eigenvalue weighted by Gasteiger charge is -2.22. The summed E-state index contributed by atoms with van der Waals surface area (Å²) in [4.78, 5) is 14.0. The summed E-state index contributed by atoms with van der Waals surface area (Å²) in [5.41, 5.74) is 7.26. The Kier molecular flexibility index (Phi) is 7.53. The lowest BCUT2D eigenvalue weighted by molar-refractivity contribution is -0.131. The Labute approximate surface area is 145 Å². The monoisotopic (exact) mass is 334 g/mol. The number of hydrogen-bond acceptors (Lipinski definition) is 2. The normalized spacial score (nSPS) is 12.0. The summed E-state index contributed by atoms with van der Waals surface area (Å²) >= 11 is 0. The summed E-state index contributed by atoms with van der Waals surface area (Å²) in [5, 5.41) is 2.50. The minimum absolute atomic E-state index is 0. The lowest BCUT2D eigenvalue weighted by atomic mass is 10.0. The fourth-order valence-electron chi connectivity index (χ4n) is 2.80. The zero-order valence-electron chi connectivity index (χ0n) is 14.2. The molecule has 0 fully saturated rings. The summed E-state index contributed by atoms with van der Waals surface area (Å²) in [5.74, 6) is 0.472. The van der Waals surface area contributed by atoms with Crippen molar-refractivity contribution in [2.75, 3.05) is 13.6 Å². The molecule has 3 nitrogen and oxygen atoms in total. The third-order valence-corrected chi connectivity index (χ3v) is 4.02. The number of hydrogen-bond donors (Lipinski definition) is 1. The number of likely N-dealkylation sites (N-methyl/N-ethyl adjacent to an activating group) is 1. The van der Waals surface area contributed by atoms with E-state index in [9.17, 15) is 4.79 Å². The number of benzene rings is 2. The van der Waals surface area contributed by atoms with E-state index >= 15 is 0 Å². The van der Waals surface area contributed by atoms with Gasteiger partial charge in [0.1, 0.15) is 0 Å². The molecule has 0 unspecified atom stereocenters. The van der Waals surface area contributed by atoms with Crippen molar-refractivity contribution in [3.05, 3.63) is 48.0 Å². The molecule has 2 N–H and O–H groups in total. The van der Waals surface area contributed by atoms with Crippen LogP contribution >= 0.6 is 12.4 Å². The van der Waals surface area contributed by atoms with Crippen molar-refractivity contribution in [1.82, 2.24) is 4.90 Å². The topological polar surface area (TPSA) is 46.3 Å². The van der Waals surface area contributed by atoms with Gasteiger partial charge in [0.15, 0.2) is 0 Å². The van der Waals surface area contributed by atoms with E-state index in [1.165, 1.54) is 16.3 Å². The molecule has 0 aliphatic rings. The van der Waals surface area contributed by atoms with Crippen molar-refractivity contribution >= 4 is 29.1 Å². The predicted octanol–water partition coefficient (Wildman–Crippen LogP) is 3.64. The van der Waals surface area contributed by atoms with Gasteiger partial charge < -0.3 is 10.6 Å². The molecule has 23 heavy (non-hydrogen) atoms. The maximum absolute atomic E-state index is 12.3. The van der Waals surface area contributed by atoms with Gasteiger partial charge in [0.25, 0.3) is 0 Å². The van der Waals surface area contributed by atoms with Crippen molar-refractivity contribution in [2.24, 2.45) is 11.7 Å². The fraction of sp³-hybridized carbons (Fsp3) is 0.421. The van der Waals surface area contributed by atoms with E-state index in [-0.39, 0.29) is 18.3 Å². The molecule has 1 amide bonds. The molecule has 2 rings (SSSR count). The average Bonchev–Trinajstić information content (AvgIpc) is 2.51. The van der Waals surface area contributed by atoms with Gasteiger partial charge in [-0.25, -0.2) is 0 Å². The lowest BCUT2D eigenvalue weighted by Crippen LogP contribution is -2.43. The number of carbonyl (C=O) groups excluding carboxylic acids is 1. The smallest absolute Gasteiger partial charge is 0.239 e. The van der Waals surface area contributed by atoms with Crippen molar-refractivity contribution in [3.63, 3.8) is 0 Å². The Morgan fingerprint density at radius 1 is 1.13 bits per heavy atom. The quantitative estimate of drug-likeness (QED) is 0.876. The van der Waals surface area contributed by atoms with Gasteiger partial charge >= 0.3 is 0 Å². The molecule has 126 valence electrons. The molecule has 0 bridgehead atoms. The Hall–Kier alpha value is -1.58. The molecule has 2 aromatic rings. The first-order chi connectivity index (χ1) is 10.5. The van der Waals surface area contributed by atoms with Crippen LogP contribution < -0.4 is 5.73 Å². The standard InChI is InChI=1S/C19H26N2O.ClH/c1-14(2)13-18(20)19(22)21(3)12-11-16-9-6-8-15-7-4-5-10-17(15)16;/h4-10,14,18H,11-13,20H2,1-3H3;1H/t18-;/m0./s1. The number of rotatable bonds is 6. The minimum Gasteiger partial charge on any atom is -0.344 e. The van der Waals surface area contributed by atoms with Crippen molar-refractivity contribution in [1.29, 1.82) is 0 Å². The number of amides is 1. The molecule has 4 heteroatoms. The van der Waals surface area contributed by atoms with Crippen LogP contribution in [0.4, 0.5) is 0 Å². The second-order valence-electron chi connectivity index (χ2n) is 6.38. The van der Waals surface area contributed by atoms with Crippen LogP contribution in [0.3, 0.4) is 0 Å². The Balaban J connectivity index is 0.00000264. The average molecular weight is 335 g/mol. The largest absolute Gasteiger partial charge is 0.344 e. The molecule has 0 saturated heterocycles. The van der Waals surface area contributed by atoms with Gasteiger partial charge in [0.2, 0.25) is 5.91 Å². The van der Waals surface area contributed by atoms with Crippen LogP contribution in [0.2, 0.25) is 0 Å². The van der Waals surface area contributed by atoms with Gasteiger partial charge in [-0.1, -0.05) is 56.3 Å². The predicted molar refractivity (Wildman–Crippen MR) is 100.0 cm³/mol. The summed E-state index contributed by atoms with van der Waals surface area (Å²) in [6, 6.07) is 14.3. The number of nitrogens with zero attached hydrogens (tertiary/aromatic N) is 1. The highest BCUT2D eigenvalue weighted by molar-refractivity contribution is 5.86. The zero-order chi connectivity index (χ0) is 16.1. The van der Waals surface area contributed by atoms with Gasteiger partial charge in [-0.3, -0.25) is 4.79 Å². The minimum atomic E-state index is -0.391. The third-order valence-electron chi connectivity index (χ3n) is 4.02. The maximum atomic E-state index is 12.3. The third kappa shape index (κ3) is 5.22. The van der Waals surface area contributed by atoms with Gasteiger partial charge in [-0.15, -0.1) is 12.4 Å². The van der Waals surface area contributed by atoms with Crippen molar-refractivity contribution in [2.45, 2.75) is 32.7 Å². The van der Waals surface area contributed by atoms with Crippen LogP contribution in [0.1, 0.15) is 25.8 Å². The van der Waals surface area contributed by atoms with Crippen LogP contribution in [-0.4, -0.2) is 30.4 Å². The van der Waals surface area contributed by atoms with Crippen molar-refractivity contribution in [3.8, 4) is 0 Å². The van der Waals surface area contributed by atoms with Gasteiger partial charge in [0, 0.05) is 13.6 Å². The Morgan fingerprint density at radius 2 is 1.78 bits per heavy atom. The zero-order valence-corrected chi connectivity index (χ0v) is 15.0. The summed E-state index contributed by atoms with van der Waals surface area (Å²) < 4.78 is 0. The van der Waals surface area contributed by atoms with Crippen LogP contribution in [0.25, 0.3) is 10.8 Å². The van der Waals surface area contributed by atoms with Gasteiger partial charge in [-0.2, -0.15) is 0 Å². The van der Waals surface area contributed by atoms with E-state index in [0.29, 0.717) is 12.5 Å². The first-order valence-electron chi connectivity index (χ1n) is 7.96. The van der Waals surface area contributed by atoms with E-state index in [4.69, 9.17) is 5.73 Å². The van der Waals surface area contributed by atoms with E-state index in [0.717, 1.165) is 12.8 Å². The molecule has 2 aromatic carbocycles. The summed E-state index contributed by atoms with van der Waals surface area (Å²) in [6.07, 6.45) is 1.58. The molecule has 0 aliphatic carbocycles. The fourth-order valence-corrected chi connectivity index (χ4v) is 2.80. The van der Waals surface area contributed by atoms with Crippen molar-refractivity contribution < 1.29 is 4.79 Å². The Morgan fingerprint density at radius 3 is 2.48 bits per heavy atom. The second-order valence-corrected chi connectivity index (χ2v) is 6.38. The second kappa shape index (κ2) is 8.90. The molecular weight excluding hydrogens is 308 g/mol. The molecule has 0 radical (unpaired) electrons. The highest BCUT2D eigenvalue weighted by Crippen LogP contribution is 2.19. The molecular formula is C19H27ClN2O. The van der Waals surface area contributed by atoms with Crippen LogP contribution in [0.5, 0.6) is 0 Å². The highest BCUT2D eigenvalue weighted by atomic mass is 35.5. The number of carbonyl (C=O) groups is 1. The van der Waals surface area contributed by atoms with Crippen LogP contribution in [0.15, 0.2) is 42.5 Å². The molecule has 0 heterocycles. The molecule has 0 aliphatic heterocycles. The Bertz CT molecular complexity index is 637. The molecule has 0 saturated carbocycles. The highest BCUT2D eigenvalue weighted by Gasteiger charge is 2.18. The van der Waals surface area contributed by atoms with E-state index in [1.807, 2.05) is 13.1 Å². The van der Waals surface area contributed by atoms with E-state index < -0.39 is 6.04 Å². The molecule has 1 atom stereocenters. The van der Waals surface area contributed by atoms with Crippen LogP contribution in [0, 0.1) is 5.92 Å². The maximum Gasteiger partial charge on any atom is 0.239 e. The number of halogens is 1. The molecule has 0 spiro atoms.